The number of amides is 2. The second-order valence-electron chi connectivity index (χ2n) is 5.12. The quantitative estimate of drug-likeness (QED) is 0.319. The van der Waals surface area contributed by atoms with Gasteiger partial charge in [-0.3, -0.25) is 5.43 Å². The largest absolute Gasteiger partial charge is 0.333 e. The minimum atomic E-state index is -0.408. The van der Waals surface area contributed by atoms with Gasteiger partial charge >= 0.3 is 6.03 Å². The third-order valence-corrected chi connectivity index (χ3v) is 6.09. The van der Waals surface area contributed by atoms with Crippen molar-refractivity contribution in [1.82, 2.24) is 5.43 Å². The van der Waals surface area contributed by atoms with Gasteiger partial charge in [-0.2, -0.15) is 0 Å². The van der Waals surface area contributed by atoms with E-state index in [1.165, 1.54) is 23.3 Å². The molecular weight excluding hydrogens is 338 g/mol. The molecule has 22 heavy (non-hydrogen) atoms. The Morgan fingerprint density at radius 1 is 1.45 bits per heavy atom. The normalized spacial score (nSPS) is 13.9. The number of thioether (sulfide) groups is 1. The zero-order valence-electron chi connectivity index (χ0n) is 11.8. The zero-order valence-corrected chi connectivity index (χ0v) is 14.2. The lowest BCUT2D eigenvalue weighted by Gasteiger charge is -2.14. The molecule has 0 atom stereocenters. The molecule has 4 nitrogen and oxygen atoms in total. The zero-order chi connectivity index (χ0) is 15.5. The highest BCUT2D eigenvalue weighted by atomic mass is 35.5. The van der Waals surface area contributed by atoms with Gasteiger partial charge in [-0.15, -0.1) is 23.1 Å². The Kier molecular flexibility index (Phi) is 4.93. The molecule has 1 aromatic heterocycles. The summed E-state index contributed by atoms with van der Waals surface area (Å²) in [5.41, 5.74) is 4.22. The van der Waals surface area contributed by atoms with Crippen LogP contribution in [0.25, 0.3) is 0 Å². The van der Waals surface area contributed by atoms with Crippen LogP contribution < -0.4 is 16.6 Å². The maximum absolute atomic E-state index is 11.5. The summed E-state index contributed by atoms with van der Waals surface area (Å²) in [5.74, 6) is 6.61. The Morgan fingerprint density at radius 3 is 2.91 bits per heavy atom. The first-order chi connectivity index (χ1) is 10.7. The van der Waals surface area contributed by atoms with Gasteiger partial charge in [0.05, 0.1) is 10.7 Å². The molecule has 4 N–H and O–H groups in total. The van der Waals surface area contributed by atoms with Crippen molar-refractivity contribution in [1.29, 1.82) is 0 Å². The molecule has 116 valence electrons. The van der Waals surface area contributed by atoms with Gasteiger partial charge in [0, 0.05) is 20.9 Å². The molecule has 1 aliphatic carbocycles. The average molecular weight is 354 g/mol. The van der Waals surface area contributed by atoms with Crippen LogP contribution >= 0.6 is 34.7 Å². The monoisotopic (exact) mass is 353 g/mol. The first kappa shape index (κ1) is 15.7. The highest BCUT2D eigenvalue weighted by molar-refractivity contribution is 7.98. The summed E-state index contributed by atoms with van der Waals surface area (Å²) < 4.78 is 0. The Hall–Kier alpha value is -1.21. The van der Waals surface area contributed by atoms with Crippen LogP contribution in [0.3, 0.4) is 0 Å². The minimum Gasteiger partial charge on any atom is -0.306 e. The third-order valence-electron chi connectivity index (χ3n) is 3.42. The maximum atomic E-state index is 11.5. The maximum Gasteiger partial charge on any atom is 0.333 e. The second kappa shape index (κ2) is 6.91. The minimum absolute atomic E-state index is 0.408. The highest BCUT2D eigenvalue weighted by Gasteiger charge is 2.27. The predicted octanol–water partition coefficient (Wildman–Crippen LogP) is 4.57. The fourth-order valence-corrected chi connectivity index (χ4v) is 4.61. The molecule has 2 amide bonds. The van der Waals surface area contributed by atoms with E-state index in [9.17, 15) is 4.79 Å². The van der Waals surface area contributed by atoms with Gasteiger partial charge < -0.3 is 5.32 Å². The topological polar surface area (TPSA) is 67.1 Å². The molecule has 3 rings (SSSR count). The number of halogens is 1. The summed E-state index contributed by atoms with van der Waals surface area (Å²) in [6.07, 6.45) is 2.43. The Labute approximate surface area is 142 Å². The number of nitrogens with one attached hydrogen (secondary N) is 2. The molecule has 0 radical (unpaired) electrons. The SMILES string of the molecule is NNC(=O)Nc1cccc(C2CC2)c1SCc1cc(Cl)cs1. The third kappa shape index (κ3) is 3.76. The van der Waals surface area contributed by atoms with Crippen molar-refractivity contribution in [2.45, 2.75) is 29.4 Å². The lowest BCUT2D eigenvalue weighted by molar-refractivity contribution is 0.252. The Morgan fingerprint density at radius 2 is 2.27 bits per heavy atom. The molecule has 0 bridgehead atoms. The van der Waals surface area contributed by atoms with Gasteiger partial charge in [0.1, 0.15) is 0 Å². The van der Waals surface area contributed by atoms with Crippen molar-refractivity contribution in [3.05, 3.63) is 45.1 Å². The number of rotatable bonds is 5. The van der Waals surface area contributed by atoms with Crippen molar-refractivity contribution in [3.63, 3.8) is 0 Å². The molecule has 0 saturated heterocycles. The molecule has 1 aromatic carbocycles. The number of benzene rings is 1. The molecule has 1 heterocycles. The van der Waals surface area contributed by atoms with Gasteiger partial charge in [-0.25, -0.2) is 10.6 Å². The van der Waals surface area contributed by atoms with Crippen molar-refractivity contribution in [3.8, 4) is 0 Å². The summed E-state index contributed by atoms with van der Waals surface area (Å²) in [4.78, 5) is 13.9. The number of hydrogen-bond donors (Lipinski definition) is 3. The number of hydrogen-bond acceptors (Lipinski definition) is 4. The number of thiophene rings is 1. The highest BCUT2D eigenvalue weighted by Crippen LogP contribution is 2.47. The van der Waals surface area contributed by atoms with Crippen molar-refractivity contribution < 1.29 is 4.79 Å². The van der Waals surface area contributed by atoms with Crippen LogP contribution in [-0.2, 0) is 5.75 Å². The van der Waals surface area contributed by atoms with E-state index in [0.29, 0.717) is 5.92 Å². The number of carbonyl (C=O) groups excluding carboxylic acids is 1. The second-order valence-corrected chi connectivity index (χ2v) is 7.53. The summed E-state index contributed by atoms with van der Waals surface area (Å²) in [7, 11) is 0. The van der Waals surface area contributed by atoms with Crippen LogP contribution in [0, 0.1) is 0 Å². The number of urea groups is 1. The van der Waals surface area contributed by atoms with E-state index in [-0.39, 0.29) is 0 Å². The van der Waals surface area contributed by atoms with E-state index in [2.05, 4.69) is 16.8 Å². The van der Waals surface area contributed by atoms with E-state index >= 15 is 0 Å². The van der Waals surface area contributed by atoms with Crippen LogP contribution in [0.15, 0.2) is 34.5 Å². The average Bonchev–Trinajstić information content (AvgIpc) is 3.28. The van der Waals surface area contributed by atoms with E-state index in [1.54, 1.807) is 23.1 Å². The van der Waals surface area contributed by atoms with Crippen LogP contribution in [-0.4, -0.2) is 6.03 Å². The predicted molar refractivity (Wildman–Crippen MR) is 93.6 cm³/mol. The van der Waals surface area contributed by atoms with Gasteiger partial charge in [0.25, 0.3) is 0 Å². The fraction of sp³-hybridized carbons (Fsp3) is 0.267. The van der Waals surface area contributed by atoms with Crippen LogP contribution in [0.4, 0.5) is 10.5 Å². The standard InChI is InChI=1S/C15H16ClN3OS2/c16-10-6-11(21-7-10)8-22-14-12(9-4-5-9)2-1-3-13(14)18-15(20)19-17/h1-3,6-7,9H,4-5,8,17H2,(H2,18,19,20). The van der Waals surface area contributed by atoms with E-state index in [4.69, 9.17) is 17.4 Å². The summed E-state index contributed by atoms with van der Waals surface area (Å²) in [5, 5.41) is 5.52. The van der Waals surface area contributed by atoms with Gasteiger partial charge in [-0.05, 0) is 36.5 Å². The summed E-state index contributed by atoms with van der Waals surface area (Å²) in [6.45, 7) is 0. The van der Waals surface area contributed by atoms with Crippen LogP contribution in [0.2, 0.25) is 5.02 Å². The van der Waals surface area contributed by atoms with Gasteiger partial charge in [0.15, 0.2) is 0 Å². The van der Waals surface area contributed by atoms with Crippen molar-refractivity contribution in [2.24, 2.45) is 5.84 Å². The molecule has 1 fully saturated rings. The van der Waals surface area contributed by atoms with Crippen molar-refractivity contribution in [2.75, 3.05) is 5.32 Å². The van der Waals surface area contributed by atoms with E-state index in [1.807, 2.05) is 23.6 Å². The molecule has 0 spiro atoms. The first-order valence-corrected chi connectivity index (χ1v) is 9.18. The Bertz CT molecular complexity index is 685. The lowest BCUT2D eigenvalue weighted by atomic mass is 10.1. The number of anilines is 1. The first-order valence-electron chi connectivity index (χ1n) is 6.93. The smallest absolute Gasteiger partial charge is 0.306 e. The molecule has 0 aliphatic heterocycles. The molecule has 2 aromatic rings. The molecular formula is C15H16ClN3OS2. The molecule has 1 saturated carbocycles. The summed E-state index contributed by atoms with van der Waals surface area (Å²) >= 11 is 9.35. The lowest BCUT2D eigenvalue weighted by Crippen LogP contribution is -2.34. The Balaban J connectivity index is 1.83. The molecule has 0 unspecified atom stereocenters. The number of nitrogens with two attached hydrogens (primary N) is 1. The van der Waals surface area contributed by atoms with Crippen LogP contribution in [0.1, 0.15) is 29.2 Å². The van der Waals surface area contributed by atoms with Gasteiger partial charge in [-0.1, -0.05) is 23.7 Å². The van der Waals surface area contributed by atoms with E-state index < -0.39 is 6.03 Å². The molecule has 1 aliphatic rings. The van der Waals surface area contributed by atoms with Gasteiger partial charge in [0.2, 0.25) is 0 Å². The van der Waals surface area contributed by atoms with Crippen LogP contribution in [0.5, 0.6) is 0 Å². The summed E-state index contributed by atoms with van der Waals surface area (Å²) in [6, 6.07) is 7.61. The number of hydrazine groups is 1. The van der Waals surface area contributed by atoms with E-state index in [0.717, 1.165) is 21.4 Å². The number of carbonyl (C=O) groups is 1. The van der Waals surface area contributed by atoms with Crippen molar-refractivity contribution >= 4 is 46.4 Å². The fourth-order valence-electron chi connectivity index (χ4n) is 2.26. The molecule has 7 heteroatoms.